The Kier molecular flexibility index (Phi) is 8.02. The smallest absolute Gasteiger partial charge is 0.266 e. The van der Waals surface area contributed by atoms with Gasteiger partial charge in [-0.1, -0.05) is 65.1 Å². The Morgan fingerprint density at radius 1 is 1.03 bits per heavy atom. The molecule has 0 aromatic heterocycles. The van der Waals surface area contributed by atoms with Gasteiger partial charge in [0.25, 0.3) is 5.91 Å². The number of halogens is 3. The molecule has 0 aliphatic rings. The zero-order valence-corrected chi connectivity index (χ0v) is 19.1. The maximum atomic E-state index is 12.5. The molecule has 0 saturated carbocycles. The van der Waals surface area contributed by atoms with Gasteiger partial charge in [-0.2, -0.15) is 5.26 Å². The Labute approximate surface area is 200 Å². The lowest BCUT2D eigenvalue weighted by Crippen LogP contribution is -2.13. The minimum Gasteiger partial charge on any atom is -0.493 e. The first-order valence-corrected chi connectivity index (χ1v) is 10.5. The Bertz CT molecular complexity index is 1210. The summed E-state index contributed by atoms with van der Waals surface area (Å²) in [4.78, 5) is 12.5. The number of rotatable bonds is 7. The van der Waals surface area contributed by atoms with Gasteiger partial charge in [0.1, 0.15) is 18.2 Å². The van der Waals surface area contributed by atoms with Crippen molar-refractivity contribution in [1.82, 2.24) is 0 Å². The molecule has 0 heterocycles. The Balaban J connectivity index is 1.82. The highest BCUT2D eigenvalue weighted by Gasteiger charge is 2.15. The molecule has 3 rings (SSSR count). The highest BCUT2D eigenvalue weighted by atomic mass is 35.5. The number of hydrogen-bond acceptors (Lipinski definition) is 4. The lowest BCUT2D eigenvalue weighted by Gasteiger charge is -2.13. The van der Waals surface area contributed by atoms with Gasteiger partial charge in [-0.25, -0.2) is 0 Å². The fourth-order valence-electron chi connectivity index (χ4n) is 2.78. The maximum absolute atomic E-state index is 12.5. The fraction of sp³-hybridized carbons (Fsp3) is 0.0833. The molecule has 0 aliphatic heterocycles. The predicted molar refractivity (Wildman–Crippen MR) is 127 cm³/mol. The molecule has 0 aliphatic carbocycles. The molecule has 0 unspecified atom stereocenters. The fourth-order valence-corrected chi connectivity index (χ4v) is 3.35. The molecular formula is C24H17Cl3N2O3. The zero-order chi connectivity index (χ0) is 23.1. The van der Waals surface area contributed by atoms with E-state index in [0.29, 0.717) is 34.4 Å². The van der Waals surface area contributed by atoms with E-state index in [-0.39, 0.29) is 15.6 Å². The van der Waals surface area contributed by atoms with Crippen molar-refractivity contribution < 1.29 is 14.3 Å². The molecule has 1 N–H and O–H groups in total. The molecule has 3 aromatic rings. The average Bonchev–Trinajstić information content (AvgIpc) is 2.79. The Morgan fingerprint density at radius 2 is 1.78 bits per heavy atom. The largest absolute Gasteiger partial charge is 0.493 e. The highest BCUT2D eigenvalue weighted by Crippen LogP contribution is 2.37. The van der Waals surface area contributed by atoms with Gasteiger partial charge in [0, 0.05) is 5.69 Å². The summed E-state index contributed by atoms with van der Waals surface area (Å²) in [7, 11) is 1.48. The Hall–Kier alpha value is -3.17. The van der Waals surface area contributed by atoms with Gasteiger partial charge < -0.3 is 14.8 Å². The SMILES string of the molecule is COc1cc(/C=C(\C#N)C(=O)Nc2ccc(Cl)c(Cl)c2)cc(Cl)c1OCc1ccccc1. The van der Waals surface area contributed by atoms with Gasteiger partial charge in [0.05, 0.1) is 22.2 Å². The summed E-state index contributed by atoms with van der Waals surface area (Å²) in [6.45, 7) is 0.307. The summed E-state index contributed by atoms with van der Waals surface area (Å²) in [5, 5.41) is 13.0. The number of methoxy groups -OCH3 is 1. The number of nitriles is 1. The van der Waals surface area contributed by atoms with Crippen LogP contribution in [0.2, 0.25) is 15.1 Å². The van der Waals surface area contributed by atoms with Crippen molar-refractivity contribution in [1.29, 1.82) is 5.26 Å². The lowest BCUT2D eigenvalue weighted by atomic mass is 10.1. The number of ether oxygens (including phenoxy) is 2. The zero-order valence-electron chi connectivity index (χ0n) is 16.9. The maximum Gasteiger partial charge on any atom is 0.266 e. The van der Waals surface area contributed by atoms with Crippen molar-refractivity contribution in [2.24, 2.45) is 0 Å². The van der Waals surface area contributed by atoms with E-state index in [1.165, 1.54) is 19.3 Å². The van der Waals surface area contributed by atoms with Gasteiger partial charge >= 0.3 is 0 Å². The van der Waals surface area contributed by atoms with Gasteiger partial charge in [0.15, 0.2) is 11.5 Å². The summed E-state index contributed by atoms with van der Waals surface area (Å²) in [6, 6.07) is 19.4. The molecule has 8 heteroatoms. The molecule has 1 amide bonds. The molecule has 32 heavy (non-hydrogen) atoms. The molecule has 5 nitrogen and oxygen atoms in total. The van der Waals surface area contributed by atoms with Crippen LogP contribution in [0.4, 0.5) is 5.69 Å². The highest BCUT2D eigenvalue weighted by molar-refractivity contribution is 6.42. The number of anilines is 1. The first-order valence-electron chi connectivity index (χ1n) is 9.33. The van der Waals surface area contributed by atoms with Gasteiger partial charge in [-0.3, -0.25) is 4.79 Å². The van der Waals surface area contributed by atoms with E-state index >= 15 is 0 Å². The van der Waals surface area contributed by atoms with Gasteiger partial charge in [-0.15, -0.1) is 0 Å². The monoisotopic (exact) mass is 486 g/mol. The lowest BCUT2D eigenvalue weighted by molar-refractivity contribution is -0.112. The van der Waals surface area contributed by atoms with Crippen LogP contribution < -0.4 is 14.8 Å². The van der Waals surface area contributed by atoms with E-state index in [1.807, 2.05) is 36.4 Å². The van der Waals surface area contributed by atoms with Crippen LogP contribution in [0.25, 0.3) is 6.08 Å². The van der Waals surface area contributed by atoms with E-state index in [9.17, 15) is 10.1 Å². The number of nitrogens with zero attached hydrogens (tertiary/aromatic N) is 1. The predicted octanol–water partition coefficient (Wildman–Crippen LogP) is 6.78. The summed E-state index contributed by atoms with van der Waals surface area (Å²) >= 11 is 18.3. The second-order valence-corrected chi connectivity index (χ2v) is 7.78. The van der Waals surface area contributed by atoms with Crippen LogP contribution in [0.3, 0.4) is 0 Å². The van der Waals surface area contributed by atoms with Crippen molar-refractivity contribution in [3.8, 4) is 17.6 Å². The van der Waals surface area contributed by atoms with E-state index in [1.54, 1.807) is 24.3 Å². The molecule has 0 spiro atoms. The van der Waals surface area contributed by atoms with E-state index in [2.05, 4.69) is 5.32 Å². The van der Waals surface area contributed by atoms with Crippen LogP contribution in [0.5, 0.6) is 11.5 Å². The molecule has 162 valence electrons. The minimum absolute atomic E-state index is 0.132. The standard InChI is InChI=1S/C24H17Cl3N2O3/c1-31-22-11-16(10-21(27)23(22)32-14-15-5-3-2-4-6-15)9-17(13-28)24(30)29-18-7-8-19(25)20(26)12-18/h2-12H,14H2,1H3,(H,29,30)/b17-9+. The summed E-state index contributed by atoms with van der Waals surface area (Å²) in [5.74, 6) is 0.140. The molecule has 0 saturated heterocycles. The van der Waals surface area contributed by atoms with Gasteiger partial charge in [0.2, 0.25) is 0 Å². The normalized spacial score (nSPS) is 10.9. The Morgan fingerprint density at radius 3 is 2.44 bits per heavy atom. The van der Waals surface area contributed by atoms with Crippen LogP contribution in [-0.4, -0.2) is 13.0 Å². The minimum atomic E-state index is -0.606. The number of carbonyl (C=O) groups is 1. The van der Waals surface area contributed by atoms with Crippen LogP contribution in [-0.2, 0) is 11.4 Å². The molecule has 0 atom stereocenters. The number of amides is 1. The molecule has 0 radical (unpaired) electrons. The molecular weight excluding hydrogens is 471 g/mol. The van der Waals surface area contributed by atoms with Crippen molar-refractivity contribution in [3.05, 3.63) is 92.4 Å². The third-order valence-corrected chi connectivity index (χ3v) is 5.35. The van der Waals surface area contributed by atoms with E-state index < -0.39 is 5.91 Å². The topological polar surface area (TPSA) is 71.3 Å². The van der Waals surface area contributed by atoms with Crippen LogP contribution in [0, 0.1) is 11.3 Å². The quantitative estimate of drug-likeness (QED) is 0.294. The van der Waals surface area contributed by atoms with Crippen LogP contribution in [0.15, 0.2) is 66.2 Å². The molecule has 3 aromatic carbocycles. The van der Waals surface area contributed by atoms with E-state index in [4.69, 9.17) is 44.3 Å². The van der Waals surface area contributed by atoms with Crippen molar-refractivity contribution in [2.45, 2.75) is 6.61 Å². The second-order valence-electron chi connectivity index (χ2n) is 6.56. The number of carbonyl (C=O) groups excluding carboxylic acids is 1. The molecule has 0 bridgehead atoms. The first kappa shape index (κ1) is 23.5. The van der Waals surface area contributed by atoms with Crippen molar-refractivity contribution in [3.63, 3.8) is 0 Å². The van der Waals surface area contributed by atoms with Crippen LogP contribution in [0.1, 0.15) is 11.1 Å². The van der Waals surface area contributed by atoms with Crippen LogP contribution >= 0.6 is 34.8 Å². The first-order chi connectivity index (χ1) is 15.4. The number of nitrogens with one attached hydrogen (secondary N) is 1. The van der Waals surface area contributed by atoms with Crippen molar-refractivity contribution in [2.75, 3.05) is 12.4 Å². The molecule has 0 fully saturated rings. The number of benzene rings is 3. The van der Waals surface area contributed by atoms with E-state index in [0.717, 1.165) is 5.56 Å². The third kappa shape index (κ3) is 5.95. The summed E-state index contributed by atoms with van der Waals surface area (Å²) in [5.41, 5.74) is 1.75. The number of hydrogen-bond donors (Lipinski definition) is 1. The van der Waals surface area contributed by atoms with Gasteiger partial charge in [-0.05, 0) is 47.5 Å². The average molecular weight is 488 g/mol. The summed E-state index contributed by atoms with van der Waals surface area (Å²) in [6.07, 6.45) is 1.40. The van der Waals surface area contributed by atoms with Crippen molar-refractivity contribution >= 4 is 52.5 Å². The third-order valence-electron chi connectivity index (χ3n) is 4.33. The second kappa shape index (κ2) is 10.9. The summed E-state index contributed by atoms with van der Waals surface area (Å²) < 4.78 is 11.2.